The Morgan fingerprint density at radius 3 is 2.72 bits per heavy atom. The Kier molecular flexibility index (Phi) is 4.53. The maximum atomic E-state index is 5.16. The Labute approximate surface area is 108 Å². The molecule has 1 atom stereocenters. The molecule has 3 heteroatoms. The average Bonchev–Trinajstić information content (AvgIpc) is 2.81. The van der Waals surface area contributed by atoms with Gasteiger partial charge in [0, 0.05) is 12.1 Å². The van der Waals surface area contributed by atoms with E-state index in [9.17, 15) is 0 Å². The van der Waals surface area contributed by atoms with Crippen LogP contribution in [-0.4, -0.2) is 11.2 Å². The molecule has 0 amide bonds. The van der Waals surface area contributed by atoms with Crippen molar-refractivity contribution in [1.82, 2.24) is 10.5 Å². The molecule has 1 aromatic heterocycles. The highest BCUT2D eigenvalue weighted by Crippen LogP contribution is 2.06. The van der Waals surface area contributed by atoms with Crippen LogP contribution in [0, 0.1) is 6.92 Å². The van der Waals surface area contributed by atoms with Crippen molar-refractivity contribution in [3.63, 3.8) is 0 Å². The lowest BCUT2D eigenvalue weighted by Gasteiger charge is -2.12. The molecule has 3 nitrogen and oxygen atoms in total. The zero-order valence-electron chi connectivity index (χ0n) is 11.0. The molecule has 1 unspecified atom stereocenters. The minimum absolute atomic E-state index is 0.468. The highest BCUT2D eigenvalue weighted by molar-refractivity contribution is 5.14. The summed E-state index contributed by atoms with van der Waals surface area (Å²) in [7, 11) is 0. The standard InChI is InChI=1S/C15H20N2O/c1-12(8-9-14-6-4-3-5-7-14)16-11-15-10-13(2)17-18-15/h3-7,10,12,16H,8-9,11H2,1-2H3. The summed E-state index contributed by atoms with van der Waals surface area (Å²) in [6.45, 7) is 4.88. The van der Waals surface area contributed by atoms with Crippen molar-refractivity contribution in [3.8, 4) is 0 Å². The molecule has 0 aliphatic rings. The number of aromatic nitrogens is 1. The summed E-state index contributed by atoms with van der Waals surface area (Å²) in [5.41, 5.74) is 2.32. The van der Waals surface area contributed by atoms with Crippen LogP contribution < -0.4 is 5.32 Å². The van der Waals surface area contributed by atoms with Crippen molar-refractivity contribution < 1.29 is 4.52 Å². The third-order valence-corrected chi connectivity index (χ3v) is 3.01. The van der Waals surface area contributed by atoms with Crippen LogP contribution in [0.1, 0.15) is 30.4 Å². The van der Waals surface area contributed by atoms with Crippen LogP contribution >= 0.6 is 0 Å². The van der Waals surface area contributed by atoms with Gasteiger partial charge in [0.05, 0.1) is 12.2 Å². The molecule has 1 N–H and O–H groups in total. The summed E-state index contributed by atoms with van der Waals surface area (Å²) in [6.07, 6.45) is 2.22. The van der Waals surface area contributed by atoms with Gasteiger partial charge in [-0.05, 0) is 32.3 Å². The number of nitrogens with zero attached hydrogens (tertiary/aromatic N) is 1. The third kappa shape index (κ3) is 4.00. The summed E-state index contributed by atoms with van der Waals surface area (Å²) < 4.78 is 5.16. The summed E-state index contributed by atoms with van der Waals surface area (Å²) in [4.78, 5) is 0. The Hall–Kier alpha value is -1.61. The van der Waals surface area contributed by atoms with Crippen LogP contribution in [0.2, 0.25) is 0 Å². The number of hydrogen-bond acceptors (Lipinski definition) is 3. The molecule has 1 heterocycles. The van der Waals surface area contributed by atoms with Crippen molar-refractivity contribution in [2.75, 3.05) is 0 Å². The van der Waals surface area contributed by atoms with Crippen LogP contribution in [0.15, 0.2) is 40.9 Å². The minimum atomic E-state index is 0.468. The molecule has 2 aromatic rings. The van der Waals surface area contributed by atoms with E-state index in [0.29, 0.717) is 6.04 Å². The lowest BCUT2D eigenvalue weighted by Crippen LogP contribution is -2.25. The quantitative estimate of drug-likeness (QED) is 0.848. The van der Waals surface area contributed by atoms with Crippen LogP contribution in [0.25, 0.3) is 0 Å². The van der Waals surface area contributed by atoms with E-state index in [1.54, 1.807) is 0 Å². The van der Waals surface area contributed by atoms with Gasteiger partial charge < -0.3 is 9.84 Å². The number of rotatable bonds is 6. The zero-order chi connectivity index (χ0) is 12.8. The topological polar surface area (TPSA) is 38.1 Å². The SMILES string of the molecule is Cc1cc(CNC(C)CCc2ccccc2)on1. The van der Waals surface area contributed by atoms with Crippen molar-refractivity contribution in [2.24, 2.45) is 0 Å². The molecule has 0 aliphatic carbocycles. The molecule has 2 rings (SSSR count). The van der Waals surface area contributed by atoms with Gasteiger partial charge >= 0.3 is 0 Å². The fourth-order valence-electron chi connectivity index (χ4n) is 1.90. The second-order valence-electron chi connectivity index (χ2n) is 4.74. The van der Waals surface area contributed by atoms with Gasteiger partial charge in [-0.3, -0.25) is 0 Å². The van der Waals surface area contributed by atoms with E-state index < -0.39 is 0 Å². The Bertz CT molecular complexity index is 464. The van der Waals surface area contributed by atoms with Crippen molar-refractivity contribution in [1.29, 1.82) is 0 Å². The van der Waals surface area contributed by atoms with E-state index in [0.717, 1.165) is 30.8 Å². The summed E-state index contributed by atoms with van der Waals surface area (Å²) in [5.74, 6) is 0.902. The second kappa shape index (κ2) is 6.36. The van der Waals surface area contributed by atoms with Crippen LogP contribution in [-0.2, 0) is 13.0 Å². The first-order valence-corrected chi connectivity index (χ1v) is 6.43. The third-order valence-electron chi connectivity index (χ3n) is 3.01. The maximum absolute atomic E-state index is 5.16. The Morgan fingerprint density at radius 2 is 2.06 bits per heavy atom. The largest absolute Gasteiger partial charge is 0.360 e. The zero-order valence-corrected chi connectivity index (χ0v) is 11.0. The van der Waals surface area contributed by atoms with Gasteiger partial charge in [0.1, 0.15) is 0 Å². The lowest BCUT2D eigenvalue weighted by molar-refractivity contribution is 0.359. The predicted octanol–water partition coefficient (Wildman–Crippen LogP) is 3.09. The molecular formula is C15H20N2O. The fraction of sp³-hybridized carbons (Fsp3) is 0.400. The molecule has 0 saturated heterocycles. The van der Waals surface area contributed by atoms with Crippen LogP contribution in [0.4, 0.5) is 0 Å². The van der Waals surface area contributed by atoms with Gasteiger partial charge in [-0.2, -0.15) is 0 Å². The molecule has 0 bridgehead atoms. The lowest BCUT2D eigenvalue weighted by atomic mass is 10.1. The van der Waals surface area contributed by atoms with Gasteiger partial charge in [-0.15, -0.1) is 0 Å². The molecule has 1 aromatic carbocycles. The fourth-order valence-corrected chi connectivity index (χ4v) is 1.90. The van der Waals surface area contributed by atoms with Crippen molar-refractivity contribution in [3.05, 3.63) is 53.4 Å². The van der Waals surface area contributed by atoms with Gasteiger partial charge in [0.25, 0.3) is 0 Å². The maximum Gasteiger partial charge on any atom is 0.150 e. The van der Waals surface area contributed by atoms with Crippen LogP contribution in [0.5, 0.6) is 0 Å². The molecule has 0 aliphatic heterocycles. The first-order valence-electron chi connectivity index (χ1n) is 6.43. The number of aryl methyl sites for hydroxylation is 2. The molecule has 0 spiro atoms. The predicted molar refractivity (Wildman–Crippen MR) is 72.3 cm³/mol. The van der Waals surface area contributed by atoms with Crippen molar-refractivity contribution in [2.45, 2.75) is 39.3 Å². The summed E-state index contributed by atoms with van der Waals surface area (Å²) >= 11 is 0. The van der Waals surface area contributed by atoms with Gasteiger partial charge in [-0.1, -0.05) is 35.5 Å². The first-order chi connectivity index (χ1) is 8.74. The van der Waals surface area contributed by atoms with Crippen LogP contribution in [0.3, 0.4) is 0 Å². The molecular weight excluding hydrogens is 224 g/mol. The molecule has 18 heavy (non-hydrogen) atoms. The monoisotopic (exact) mass is 244 g/mol. The van der Waals surface area contributed by atoms with E-state index >= 15 is 0 Å². The van der Waals surface area contributed by atoms with E-state index in [4.69, 9.17) is 4.52 Å². The smallest absolute Gasteiger partial charge is 0.150 e. The van der Waals surface area contributed by atoms with E-state index in [2.05, 4.69) is 47.7 Å². The minimum Gasteiger partial charge on any atom is -0.360 e. The highest BCUT2D eigenvalue weighted by atomic mass is 16.5. The molecule has 0 fully saturated rings. The number of hydrogen-bond donors (Lipinski definition) is 1. The van der Waals surface area contributed by atoms with Gasteiger partial charge in [-0.25, -0.2) is 0 Å². The number of nitrogens with one attached hydrogen (secondary N) is 1. The highest BCUT2D eigenvalue weighted by Gasteiger charge is 2.05. The molecule has 0 radical (unpaired) electrons. The Morgan fingerprint density at radius 1 is 1.28 bits per heavy atom. The molecule has 96 valence electrons. The molecule has 0 saturated carbocycles. The summed E-state index contributed by atoms with van der Waals surface area (Å²) in [5, 5.41) is 7.32. The number of benzene rings is 1. The van der Waals surface area contributed by atoms with E-state index in [1.165, 1.54) is 5.56 Å². The van der Waals surface area contributed by atoms with E-state index in [-0.39, 0.29) is 0 Å². The second-order valence-corrected chi connectivity index (χ2v) is 4.74. The average molecular weight is 244 g/mol. The first kappa shape index (κ1) is 12.8. The van der Waals surface area contributed by atoms with E-state index in [1.807, 2.05) is 13.0 Å². The van der Waals surface area contributed by atoms with Crippen molar-refractivity contribution >= 4 is 0 Å². The Balaban J connectivity index is 1.71. The normalized spacial score (nSPS) is 12.6. The summed E-state index contributed by atoms with van der Waals surface area (Å²) in [6, 6.07) is 13.0. The van der Waals surface area contributed by atoms with Gasteiger partial charge in [0.15, 0.2) is 5.76 Å². The van der Waals surface area contributed by atoms with Gasteiger partial charge in [0.2, 0.25) is 0 Å².